The lowest BCUT2D eigenvalue weighted by atomic mass is 10.0. The predicted molar refractivity (Wildman–Crippen MR) is 103 cm³/mol. The van der Waals surface area contributed by atoms with Crippen molar-refractivity contribution in [2.75, 3.05) is 45.3 Å². The lowest BCUT2D eigenvalue weighted by Crippen LogP contribution is -2.47. The molecule has 0 bridgehead atoms. The van der Waals surface area contributed by atoms with E-state index in [1.165, 1.54) is 0 Å². The molecule has 1 heterocycles. The van der Waals surface area contributed by atoms with E-state index >= 15 is 0 Å². The highest BCUT2D eigenvalue weighted by Gasteiger charge is 2.24. The minimum Gasteiger partial charge on any atom is -0.504 e. The van der Waals surface area contributed by atoms with Crippen LogP contribution in [0.2, 0.25) is 0 Å². The molecule has 0 saturated carbocycles. The maximum atomic E-state index is 9.78. The minimum absolute atomic E-state index is 0. The Morgan fingerprint density at radius 1 is 0.923 bits per heavy atom. The van der Waals surface area contributed by atoms with Gasteiger partial charge in [0, 0.05) is 32.2 Å². The van der Waals surface area contributed by atoms with E-state index in [0.717, 1.165) is 43.2 Å². The molecule has 0 radical (unpaired) electrons. The SMILES string of the molecule is COc1cc(C(C)N2CCN(c3ccccc3OC)CC2)ccc1O.O. The summed E-state index contributed by atoms with van der Waals surface area (Å²) in [7, 11) is 3.30. The summed E-state index contributed by atoms with van der Waals surface area (Å²) in [5.74, 6) is 1.63. The number of methoxy groups -OCH3 is 2. The zero-order chi connectivity index (χ0) is 17.8. The van der Waals surface area contributed by atoms with Gasteiger partial charge in [0.15, 0.2) is 11.5 Å². The lowest BCUT2D eigenvalue weighted by molar-refractivity contribution is 0.198. The number of phenolic OH excluding ortho intramolecular Hbond substituents is 1. The number of phenols is 1. The molecule has 1 aliphatic heterocycles. The molecule has 2 aromatic rings. The average molecular weight is 360 g/mol. The topological polar surface area (TPSA) is 76.7 Å². The van der Waals surface area contributed by atoms with Gasteiger partial charge in [0.25, 0.3) is 0 Å². The summed E-state index contributed by atoms with van der Waals surface area (Å²) < 4.78 is 10.7. The van der Waals surface area contributed by atoms with Crippen molar-refractivity contribution in [1.82, 2.24) is 4.90 Å². The summed E-state index contributed by atoms with van der Waals surface area (Å²) in [6.07, 6.45) is 0. The van der Waals surface area contributed by atoms with Crippen molar-refractivity contribution in [3.63, 3.8) is 0 Å². The lowest BCUT2D eigenvalue weighted by Gasteiger charge is -2.39. The quantitative estimate of drug-likeness (QED) is 0.886. The Bertz CT molecular complexity index is 715. The van der Waals surface area contributed by atoms with Crippen LogP contribution in [0.25, 0.3) is 0 Å². The fourth-order valence-corrected chi connectivity index (χ4v) is 3.41. The number of rotatable bonds is 5. The van der Waals surface area contributed by atoms with E-state index in [9.17, 15) is 5.11 Å². The van der Waals surface area contributed by atoms with Crippen LogP contribution in [0, 0.1) is 0 Å². The van der Waals surface area contributed by atoms with Crippen LogP contribution in [-0.4, -0.2) is 55.9 Å². The Hall–Kier alpha value is -2.44. The van der Waals surface area contributed by atoms with Gasteiger partial charge in [0.05, 0.1) is 19.9 Å². The Morgan fingerprint density at radius 3 is 2.23 bits per heavy atom. The first-order chi connectivity index (χ1) is 12.1. The molecule has 0 aromatic heterocycles. The summed E-state index contributed by atoms with van der Waals surface area (Å²) in [5.41, 5.74) is 2.31. The van der Waals surface area contributed by atoms with Crippen molar-refractivity contribution < 1.29 is 20.1 Å². The zero-order valence-corrected chi connectivity index (χ0v) is 15.6. The molecule has 2 aromatic carbocycles. The average Bonchev–Trinajstić information content (AvgIpc) is 2.68. The highest BCUT2D eigenvalue weighted by Crippen LogP contribution is 2.33. The fraction of sp³-hybridized carbons (Fsp3) is 0.400. The van der Waals surface area contributed by atoms with Crippen LogP contribution in [0.3, 0.4) is 0 Å². The van der Waals surface area contributed by atoms with Crippen molar-refractivity contribution >= 4 is 5.69 Å². The van der Waals surface area contributed by atoms with Gasteiger partial charge in [-0.15, -0.1) is 0 Å². The Morgan fingerprint density at radius 2 is 1.58 bits per heavy atom. The highest BCUT2D eigenvalue weighted by molar-refractivity contribution is 5.58. The minimum atomic E-state index is 0. The van der Waals surface area contributed by atoms with Crippen LogP contribution in [-0.2, 0) is 0 Å². The van der Waals surface area contributed by atoms with Crippen molar-refractivity contribution in [1.29, 1.82) is 0 Å². The molecule has 6 heteroatoms. The van der Waals surface area contributed by atoms with Gasteiger partial charge in [-0.3, -0.25) is 4.90 Å². The third-order valence-corrected chi connectivity index (χ3v) is 4.97. The largest absolute Gasteiger partial charge is 0.504 e. The standard InChI is InChI=1S/C20H26N2O3.H2O/c1-15(16-8-9-18(23)20(14-16)25-3)21-10-12-22(13-11-21)17-6-4-5-7-19(17)24-2;/h4-9,14-15,23H,10-13H2,1-3H3;1H2. The van der Waals surface area contributed by atoms with Crippen molar-refractivity contribution in [2.45, 2.75) is 13.0 Å². The van der Waals surface area contributed by atoms with E-state index in [1.807, 2.05) is 24.3 Å². The van der Waals surface area contributed by atoms with Gasteiger partial charge in [0.1, 0.15) is 5.75 Å². The molecule has 0 aliphatic carbocycles. The Labute approximate surface area is 154 Å². The van der Waals surface area contributed by atoms with Crippen LogP contribution in [0.1, 0.15) is 18.5 Å². The normalized spacial score (nSPS) is 15.9. The van der Waals surface area contributed by atoms with Crippen LogP contribution in [0.5, 0.6) is 17.2 Å². The summed E-state index contributed by atoms with van der Waals surface area (Å²) in [4.78, 5) is 4.83. The van der Waals surface area contributed by atoms with Crippen molar-refractivity contribution in [3.8, 4) is 17.2 Å². The summed E-state index contributed by atoms with van der Waals surface area (Å²) in [6, 6.07) is 14.0. The van der Waals surface area contributed by atoms with Gasteiger partial charge in [-0.2, -0.15) is 0 Å². The maximum absolute atomic E-state index is 9.78. The monoisotopic (exact) mass is 360 g/mol. The van der Waals surface area contributed by atoms with E-state index in [0.29, 0.717) is 5.75 Å². The molecule has 1 saturated heterocycles. The van der Waals surface area contributed by atoms with Crippen LogP contribution in [0.15, 0.2) is 42.5 Å². The molecule has 0 amide bonds. The first kappa shape index (κ1) is 19.9. The van der Waals surface area contributed by atoms with E-state index in [1.54, 1.807) is 20.3 Å². The molecule has 3 N–H and O–H groups in total. The van der Waals surface area contributed by atoms with Gasteiger partial charge in [-0.1, -0.05) is 18.2 Å². The molecule has 1 unspecified atom stereocenters. The maximum Gasteiger partial charge on any atom is 0.160 e. The molecule has 1 aliphatic rings. The Balaban J connectivity index is 0.00000243. The fourth-order valence-electron chi connectivity index (χ4n) is 3.41. The third kappa shape index (κ3) is 4.03. The molecule has 26 heavy (non-hydrogen) atoms. The van der Waals surface area contributed by atoms with Crippen molar-refractivity contribution in [3.05, 3.63) is 48.0 Å². The molecule has 6 nitrogen and oxygen atoms in total. The van der Waals surface area contributed by atoms with Crippen molar-refractivity contribution in [2.24, 2.45) is 0 Å². The number of hydrogen-bond acceptors (Lipinski definition) is 5. The number of nitrogens with zero attached hydrogens (tertiary/aromatic N) is 2. The predicted octanol–water partition coefficient (Wildman–Crippen LogP) is 2.47. The van der Waals surface area contributed by atoms with Gasteiger partial charge >= 0.3 is 0 Å². The third-order valence-electron chi connectivity index (χ3n) is 4.97. The molecular weight excluding hydrogens is 332 g/mol. The zero-order valence-electron chi connectivity index (χ0n) is 15.6. The first-order valence-electron chi connectivity index (χ1n) is 8.63. The highest BCUT2D eigenvalue weighted by atomic mass is 16.5. The number of benzene rings is 2. The van der Waals surface area contributed by atoms with Crippen LogP contribution >= 0.6 is 0 Å². The summed E-state index contributed by atoms with van der Waals surface area (Å²) in [5, 5.41) is 9.78. The molecule has 0 spiro atoms. The van der Waals surface area contributed by atoms with Crippen LogP contribution < -0.4 is 14.4 Å². The molecule has 142 valence electrons. The van der Waals surface area contributed by atoms with Gasteiger partial charge < -0.3 is 25.0 Å². The van der Waals surface area contributed by atoms with Gasteiger partial charge in [0.2, 0.25) is 0 Å². The summed E-state index contributed by atoms with van der Waals surface area (Å²) in [6.45, 7) is 6.06. The number of para-hydroxylation sites is 2. The first-order valence-corrected chi connectivity index (χ1v) is 8.63. The van der Waals surface area contributed by atoms with Gasteiger partial charge in [-0.25, -0.2) is 0 Å². The number of piperazine rings is 1. The molecular formula is C20H28N2O4. The number of ether oxygens (including phenoxy) is 2. The second-order valence-corrected chi connectivity index (χ2v) is 6.30. The van der Waals surface area contributed by atoms with Gasteiger partial charge in [-0.05, 0) is 36.8 Å². The van der Waals surface area contributed by atoms with E-state index in [4.69, 9.17) is 9.47 Å². The summed E-state index contributed by atoms with van der Waals surface area (Å²) >= 11 is 0. The number of hydrogen-bond donors (Lipinski definition) is 1. The van der Waals surface area contributed by atoms with Crippen LogP contribution in [0.4, 0.5) is 5.69 Å². The van der Waals surface area contributed by atoms with E-state index < -0.39 is 0 Å². The molecule has 3 rings (SSSR count). The van der Waals surface area contributed by atoms with E-state index in [-0.39, 0.29) is 17.3 Å². The Kier molecular flexibility index (Phi) is 6.71. The second kappa shape index (κ2) is 8.78. The smallest absolute Gasteiger partial charge is 0.160 e. The second-order valence-electron chi connectivity index (χ2n) is 6.30. The molecule has 1 fully saturated rings. The number of aromatic hydroxyl groups is 1. The number of anilines is 1. The molecule has 1 atom stereocenters. The van der Waals surface area contributed by atoms with E-state index in [2.05, 4.69) is 28.9 Å².